The van der Waals surface area contributed by atoms with E-state index < -0.39 is 16.1 Å². The summed E-state index contributed by atoms with van der Waals surface area (Å²) in [5, 5.41) is 10.6. The van der Waals surface area contributed by atoms with Gasteiger partial charge in [-0.2, -0.15) is 0 Å². The molecule has 0 unspecified atom stereocenters. The Bertz CT molecular complexity index is 1530. The zero-order valence-electron chi connectivity index (χ0n) is 26.9. The number of pyridine rings is 1. The highest BCUT2D eigenvalue weighted by Gasteiger charge is 2.30. The molecule has 0 spiro atoms. The minimum absolute atomic E-state index is 0.0393. The smallest absolute Gasteiger partial charge is 0.261 e. The lowest BCUT2D eigenvalue weighted by molar-refractivity contribution is -0.0177. The number of halogens is 1. The molecule has 0 fully saturated rings. The lowest BCUT2D eigenvalue weighted by atomic mass is 10.0. The molecular formula is C34H45ClN4O6S. The summed E-state index contributed by atoms with van der Waals surface area (Å²) in [7, 11) is -1.91. The number of aliphatic hydroxyl groups is 1. The second-order valence-electron chi connectivity index (χ2n) is 12.1. The summed E-state index contributed by atoms with van der Waals surface area (Å²) < 4.78 is 41.6. The van der Waals surface area contributed by atoms with E-state index in [0.717, 1.165) is 31.4 Å². The van der Waals surface area contributed by atoms with E-state index in [9.17, 15) is 18.3 Å². The van der Waals surface area contributed by atoms with Gasteiger partial charge in [0.1, 0.15) is 5.75 Å². The number of rotatable bonds is 9. The van der Waals surface area contributed by atoms with Crippen LogP contribution in [-0.2, 0) is 21.3 Å². The highest BCUT2D eigenvalue weighted by atomic mass is 35.5. The summed E-state index contributed by atoms with van der Waals surface area (Å²) in [5.74, 6) is -0.101. The molecule has 0 saturated carbocycles. The molecule has 1 amide bonds. The van der Waals surface area contributed by atoms with Crippen LogP contribution in [0.2, 0.25) is 5.02 Å². The van der Waals surface area contributed by atoms with Crippen molar-refractivity contribution < 1.29 is 27.8 Å². The molecule has 0 radical (unpaired) electrons. The van der Waals surface area contributed by atoms with Crippen LogP contribution >= 0.6 is 11.6 Å². The van der Waals surface area contributed by atoms with Crippen molar-refractivity contribution in [2.45, 2.75) is 69.7 Å². The second-order valence-corrected chi connectivity index (χ2v) is 14.2. The molecule has 4 rings (SSSR count). The molecular weight excluding hydrogens is 628 g/mol. The quantitative estimate of drug-likeness (QED) is 0.307. The van der Waals surface area contributed by atoms with Gasteiger partial charge in [0.15, 0.2) is 0 Å². The molecule has 4 atom stereocenters. The Morgan fingerprint density at radius 2 is 1.83 bits per heavy atom. The number of ether oxygens (including phenoxy) is 2. The topological polar surface area (TPSA) is 121 Å². The first-order valence-electron chi connectivity index (χ1n) is 15.7. The lowest BCUT2D eigenvalue weighted by Gasteiger charge is -2.36. The van der Waals surface area contributed by atoms with Crippen molar-refractivity contribution in [2.24, 2.45) is 5.92 Å². The van der Waals surface area contributed by atoms with Crippen molar-refractivity contribution in [1.82, 2.24) is 14.8 Å². The minimum atomic E-state index is -3.96. The Morgan fingerprint density at radius 3 is 2.52 bits per heavy atom. The first kappa shape index (κ1) is 35.6. The predicted octanol–water partition coefficient (Wildman–Crippen LogP) is 5.46. The van der Waals surface area contributed by atoms with Crippen molar-refractivity contribution in [3.63, 3.8) is 0 Å². The molecule has 2 N–H and O–H groups in total. The van der Waals surface area contributed by atoms with E-state index in [4.69, 9.17) is 21.1 Å². The normalized spacial score (nSPS) is 20.8. The van der Waals surface area contributed by atoms with Gasteiger partial charge in [0.2, 0.25) is 0 Å². The van der Waals surface area contributed by atoms with Crippen LogP contribution in [0.4, 0.5) is 5.69 Å². The Balaban J connectivity index is 1.64. The van der Waals surface area contributed by atoms with Crippen molar-refractivity contribution in [1.29, 1.82) is 0 Å². The molecule has 10 nitrogen and oxygen atoms in total. The SMILES string of the molecule is C[C@H](CO)N1C[C@H](C)[C@@H](CN(C)Cc2ccncc2)OCCCC[C@H](C)Oc2ccc(NS(=O)(=O)c3ccc(Cl)cc3)cc2C1=O. The molecule has 3 aromatic rings. The monoisotopic (exact) mass is 672 g/mol. The van der Waals surface area contributed by atoms with Gasteiger partial charge in [-0.3, -0.25) is 19.4 Å². The number of nitrogens with one attached hydrogen (secondary N) is 1. The molecule has 2 aromatic carbocycles. The third-order valence-electron chi connectivity index (χ3n) is 8.12. The van der Waals surface area contributed by atoms with E-state index in [1.807, 2.05) is 26.1 Å². The van der Waals surface area contributed by atoms with Crippen LogP contribution in [0.3, 0.4) is 0 Å². The summed E-state index contributed by atoms with van der Waals surface area (Å²) >= 11 is 5.95. The number of aromatic nitrogens is 1. The van der Waals surface area contributed by atoms with Crippen LogP contribution in [0.25, 0.3) is 0 Å². The van der Waals surface area contributed by atoms with Gasteiger partial charge >= 0.3 is 0 Å². The Labute approximate surface area is 277 Å². The highest BCUT2D eigenvalue weighted by Crippen LogP contribution is 2.30. The van der Waals surface area contributed by atoms with E-state index in [-0.39, 0.29) is 46.8 Å². The summed E-state index contributed by atoms with van der Waals surface area (Å²) in [4.78, 5) is 22.3. The number of carbonyl (C=O) groups is 1. The number of amides is 1. The van der Waals surface area contributed by atoms with Crippen molar-refractivity contribution in [2.75, 3.05) is 38.1 Å². The highest BCUT2D eigenvalue weighted by molar-refractivity contribution is 7.92. The summed E-state index contributed by atoms with van der Waals surface area (Å²) in [6.45, 7) is 7.80. The first-order chi connectivity index (χ1) is 22.0. The number of hydrogen-bond acceptors (Lipinski definition) is 8. The van der Waals surface area contributed by atoms with Crippen LogP contribution < -0.4 is 9.46 Å². The fraction of sp³-hybridized carbons (Fsp3) is 0.471. The van der Waals surface area contributed by atoms with Gasteiger partial charge in [-0.1, -0.05) is 18.5 Å². The van der Waals surface area contributed by atoms with Crippen LogP contribution in [0.15, 0.2) is 71.9 Å². The maximum atomic E-state index is 14.3. The first-order valence-corrected chi connectivity index (χ1v) is 17.5. The van der Waals surface area contributed by atoms with Gasteiger partial charge in [0.25, 0.3) is 15.9 Å². The van der Waals surface area contributed by atoms with Crippen molar-refractivity contribution >= 4 is 33.2 Å². The number of likely N-dealkylation sites (N-methyl/N-ethyl adjacent to an activating group) is 1. The third kappa shape index (κ3) is 9.89. The predicted molar refractivity (Wildman–Crippen MR) is 180 cm³/mol. The van der Waals surface area contributed by atoms with Crippen LogP contribution in [0.5, 0.6) is 5.75 Å². The Kier molecular flexibility index (Phi) is 12.8. The molecule has 12 heteroatoms. The minimum Gasteiger partial charge on any atom is -0.490 e. The summed E-state index contributed by atoms with van der Waals surface area (Å²) in [6.07, 6.45) is 5.67. The molecule has 0 aliphatic carbocycles. The van der Waals surface area contributed by atoms with Gasteiger partial charge in [-0.25, -0.2) is 8.42 Å². The van der Waals surface area contributed by atoms with Crippen molar-refractivity contribution in [3.05, 3.63) is 83.1 Å². The van der Waals surface area contributed by atoms with Crippen LogP contribution in [-0.4, -0.2) is 85.8 Å². The lowest BCUT2D eigenvalue weighted by Crippen LogP contribution is -2.47. The molecule has 250 valence electrons. The third-order valence-corrected chi connectivity index (χ3v) is 9.77. The summed E-state index contributed by atoms with van der Waals surface area (Å²) in [6, 6.07) is 14.0. The second kappa shape index (κ2) is 16.6. The summed E-state index contributed by atoms with van der Waals surface area (Å²) in [5.41, 5.74) is 1.56. The number of carbonyl (C=O) groups excluding carboxylic acids is 1. The largest absolute Gasteiger partial charge is 0.490 e. The van der Waals surface area contributed by atoms with Gasteiger partial charge in [-0.05, 0) is 100 Å². The molecule has 1 aliphatic heterocycles. The Hall–Kier alpha value is -3.22. The average Bonchev–Trinajstić information content (AvgIpc) is 3.03. The molecule has 0 bridgehead atoms. The van der Waals surface area contributed by atoms with E-state index in [0.29, 0.717) is 30.5 Å². The number of nitrogens with zero attached hydrogens (tertiary/aromatic N) is 3. The van der Waals surface area contributed by atoms with Crippen molar-refractivity contribution in [3.8, 4) is 5.75 Å². The molecule has 1 aromatic heterocycles. The standard InChI is InChI=1S/C34H45ClN4O6S/c1-24-20-39(25(2)23-40)34(41)31-19-29(37-46(42,43)30-11-8-28(35)9-12-30)10-13-32(31)45-26(3)7-5-6-18-44-33(24)22-38(4)21-27-14-16-36-17-15-27/h8-17,19,24-26,33,37,40H,5-7,18,20-23H2,1-4H3/t24-,25+,26-,33+/m0/s1. The van der Waals surface area contributed by atoms with E-state index in [1.165, 1.54) is 30.3 Å². The van der Waals surface area contributed by atoms with Gasteiger partial charge in [0.05, 0.1) is 35.3 Å². The fourth-order valence-corrected chi connectivity index (χ4v) is 6.62. The van der Waals surface area contributed by atoms with E-state index >= 15 is 0 Å². The zero-order valence-corrected chi connectivity index (χ0v) is 28.5. The maximum absolute atomic E-state index is 14.3. The number of sulfonamides is 1. The number of anilines is 1. The number of benzene rings is 2. The van der Waals surface area contributed by atoms with E-state index in [2.05, 4.69) is 21.5 Å². The van der Waals surface area contributed by atoms with Crippen LogP contribution in [0.1, 0.15) is 56.0 Å². The zero-order chi connectivity index (χ0) is 33.3. The molecule has 46 heavy (non-hydrogen) atoms. The van der Waals surface area contributed by atoms with Gasteiger partial charge in [-0.15, -0.1) is 0 Å². The number of hydrogen-bond donors (Lipinski definition) is 2. The number of fused-ring (bicyclic) bond motifs is 1. The molecule has 2 heterocycles. The molecule has 0 saturated heterocycles. The molecule has 1 aliphatic rings. The van der Waals surface area contributed by atoms with E-state index in [1.54, 1.807) is 36.4 Å². The Morgan fingerprint density at radius 1 is 1.11 bits per heavy atom. The van der Waals surface area contributed by atoms with Gasteiger partial charge in [0, 0.05) is 55.3 Å². The average molecular weight is 673 g/mol. The fourth-order valence-electron chi connectivity index (χ4n) is 5.45. The van der Waals surface area contributed by atoms with Gasteiger partial charge < -0.3 is 19.5 Å². The number of aliphatic hydroxyl groups excluding tert-OH is 1. The maximum Gasteiger partial charge on any atom is 0.261 e. The van der Waals surface area contributed by atoms with Crippen LogP contribution in [0, 0.1) is 5.92 Å².